The summed E-state index contributed by atoms with van der Waals surface area (Å²) in [7, 11) is -4.48. The minimum absolute atomic E-state index is 0.126. The van der Waals surface area contributed by atoms with Gasteiger partial charge in [0.25, 0.3) is 0 Å². The summed E-state index contributed by atoms with van der Waals surface area (Å²) in [5, 5.41) is 2.09. The van der Waals surface area contributed by atoms with Crippen molar-refractivity contribution in [3.63, 3.8) is 0 Å². The number of rotatable bonds is 9. The quantitative estimate of drug-likeness (QED) is 0.428. The summed E-state index contributed by atoms with van der Waals surface area (Å²) in [5.41, 5.74) is 6.73. The zero-order valence-electron chi connectivity index (χ0n) is 15.1. The van der Waals surface area contributed by atoms with Crippen molar-refractivity contribution in [3.05, 3.63) is 52.2 Å². The van der Waals surface area contributed by atoms with E-state index in [9.17, 15) is 4.57 Å². The van der Waals surface area contributed by atoms with Gasteiger partial charge in [-0.2, -0.15) is 0 Å². The highest BCUT2D eigenvalue weighted by atomic mass is 32.1. The third-order valence-electron chi connectivity index (χ3n) is 4.93. The fourth-order valence-corrected chi connectivity index (χ4v) is 4.69. The van der Waals surface area contributed by atoms with Gasteiger partial charge in [-0.15, -0.1) is 11.3 Å². The largest absolute Gasteiger partial charge is 0.494 e. The lowest BCUT2D eigenvalue weighted by molar-refractivity contribution is 0.153. The Labute approximate surface area is 163 Å². The van der Waals surface area contributed by atoms with Crippen molar-refractivity contribution in [1.82, 2.24) is 0 Å². The Morgan fingerprint density at radius 2 is 2.04 bits per heavy atom. The van der Waals surface area contributed by atoms with Gasteiger partial charge in [-0.3, -0.25) is 4.52 Å². The Morgan fingerprint density at radius 1 is 1.26 bits per heavy atom. The predicted octanol–water partition coefficient (Wildman–Crippen LogP) is 3.83. The van der Waals surface area contributed by atoms with Crippen molar-refractivity contribution < 1.29 is 23.6 Å². The molecule has 8 heteroatoms. The fourth-order valence-electron chi connectivity index (χ4n) is 3.51. The topological polar surface area (TPSA) is 102 Å². The van der Waals surface area contributed by atoms with E-state index >= 15 is 0 Å². The first kappa shape index (κ1) is 20.5. The van der Waals surface area contributed by atoms with E-state index in [0.29, 0.717) is 19.4 Å². The van der Waals surface area contributed by atoms with Crippen molar-refractivity contribution in [2.75, 3.05) is 13.2 Å². The van der Waals surface area contributed by atoms with Crippen molar-refractivity contribution in [1.29, 1.82) is 0 Å². The van der Waals surface area contributed by atoms with Gasteiger partial charge in [0.2, 0.25) is 0 Å². The minimum atomic E-state index is -4.48. The summed E-state index contributed by atoms with van der Waals surface area (Å²) in [4.78, 5) is 19.1. The van der Waals surface area contributed by atoms with Crippen LogP contribution in [0.15, 0.2) is 41.8 Å². The van der Waals surface area contributed by atoms with Crippen LogP contribution in [0.4, 0.5) is 0 Å². The normalized spacial score (nSPS) is 22.9. The molecule has 0 saturated heterocycles. The molecule has 0 radical (unpaired) electrons. The molecule has 2 aromatic rings. The Kier molecular flexibility index (Phi) is 6.74. The van der Waals surface area contributed by atoms with Crippen LogP contribution in [0.25, 0.3) is 0 Å². The lowest BCUT2D eigenvalue weighted by Crippen LogP contribution is -2.41. The van der Waals surface area contributed by atoms with E-state index in [0.717, 1.165) is 25.0 Å². The number of phosphoric acid groups is 1. The van der Waals surface area contributed by atoms with Gasteiger partial charge in [0.15, 0.2) is 0 Å². The van der Waals surface area contributed by atoms with E-state index in [1.165, 1.54) is 10.4 Å². The van der Waals surface area contributed by atoms with Gasteiger partial charge in [0, 0.05) is 10.4 Å². The number of phosphoric ester groups is 1. The maximum atomic E-state index is 10.9. The van der Waals surface area contributed by atoms with E-state index in [4.69, 9.17) is 20.3 Å². The Morgan fingerprint density at radius 3 is 2.70 bits per heavy atom. The molecule has 2 atom stereocenters. The molecule has 1 aromatic carbocycles. The highest BCUT2D eigenvalue weighted by Crippen LogP contribution is 2.43. The van der Waals surface area contributed by atoms with E-state index in [1.807, 2.05) is 12.1 Å². The maximum Gasteiger partial charge on any atom is 0.469 e. The zero-order valence-corrected chi connectivity index (χ0v) is 16.8. The summed E-state index contributed by atoms with van der Waals surface area (Å²) < 4.78 is 21.3. The maximum absolute atomic E-state index is 10.9. The highest BCUT2D eigenvalue weighted by molar-refractivity contribution is 7.46. The van der Waals surface area contributed by atoms with Crippen LogP contribution in [0.2, 0.25) is 0 Å². The van der Waals surface area contributed by atoms with Crippen LogP contribution in [0.3, 0.4) is 0 Å². The molecule has 1 aliphatic carbocycles. The molecule has 1 fully saturated rings. The lowest BCUT2D eigenvalue weighted by Gasteiger charge is -2.24. The summed E-state index contributed by atoms with van der Waals surface area (Å²) in [5.74, 6) is 1.12. The molecule has 0 aliphatic heterocycles. The number of nitrogens with two attached hydrogens (primary N) is 1. The number of hydrogen-bond acceptors (Lipinski definition) is 5. The van der Waals surface area contributed by atoms with Crippen LogP contribution in [0, 0.1) is 0 Å². The van der Waals surface area contributed by atoms with E-state index in [-0.39, 0.29) is 12.5 Å². The van der Waals surface area contributed by atoms with E-state index in [1.54, 1.807) is 11.3 Å². The standard InChI is InChI=1S/C19H26NO5PS/c20-19(14-25-26(21,22)23)10-9-16(13-19)15-5-7-17(8-6-15)24-11-1-3-18-4-2-12-27-18/h2,4-8,12,16H,1,3,9-11,13-14,20H2,(H2,21,22,23)/t16-,19-/m1/s1. The first-order valence-corrected chi connectivity index (χ1v) is 11.5. The molecule has 0 unspecified atom stereocenters. The van der Waals surface area contributed by atoms with Crippen molar-refractivity contribution in [2.45, 2.75) is 43.6 Å². The first-order chi connectivity index (χ1) is 12.8. The lowest BCUT2D eigenvalue weighted by atomic mass is 9.94. The molecule has 1 saturated carbocycles. The molecule has 4 N–H and O–H groups in total. The van der Waals surface area contributed by atoms with Crippen LogP contribution in [0.1, 0.15) is 42.0 Å². The van der Waals surface area contributed by atoms with E-state index in [2.05, 4.69) is 34.2 Å². The third-order valence-corrected chi connectivity index (χ3v) is 6.33. The Bertz CT molecular complexity index is 761. The molecule has 27 heavy (non-hydrogen) atoms. The summed E-state index contributed by atoms with van der Waals surface area (Å²) in [6.45, 7) is 0.561. The van der Waals surface area contributed by atoms with Gasteiger partial charge in [-0.1, -0.05) is 18.2 Å². The first-order valence-electron chi connectivity index (χ1n) is 9.07. The second-order valence-electron chi connectivity index (χ2n) is 7.17. The molecule has 1 aliphatic rings. The van der Waals surface area contributed by atoms with Crippen LogP contribution in [-0.2, 0) is 15.5 Å². The Balaban J connectivity index is 1.45. The summed E-state index contributed by atoms with van der Waals surface area (Å²) in [6.07, 6.45) is 4.22. The van der Waals surface area contributed by atoms with E-state index < -0.39 is 13.4 Å². The van der Waals surface area contributed by atoms with Gasteiger partial charge < -0.3 is 20.3 Å². The van der Waals surface area contributed by atoms with Crippen LogP contribution < -0.4 is 10.5 Å². The predicted molar refractivity (Wildman–Crippen MR) is 106 cm³/mol. The molecular weight excluding hydrogens is 385 g/mol. The molecule has 148 valence electrons. The Hall–Kier alpha value is -1.21. The molecular formula is C19H26NO5PS. The molecule has 0 spiro atoms. The monoisotopic (exact) mass is 411 g/mol. The molecule has 3 rings (SSSR count). The van der Waals surface area contributed by atoms with Crippen molar-refractivity contribution in [3.8, 4) is 5.75 Å². The number of benzene rings is 1. The number of hydrogen-bond donors (Lipinski definition) is 3. The minimum Gasteiger partial charge on any atom is -0.494 e. The average Bonchev–Trinajstić information content (AvgIpc) is 3.28. The van der Waals surface area contributed by atoms with Gasteiger partial charge >= 0.3 is 7.82 Å². The summed E-state index contributed by atoms with van der Waals surface area (Å²) >= 11 is 1.77. The molecule has 0 amide bonds. The summed E-state index contributed by atoms with van der Waals surface area (Å²) in [6, 6.07) is 12.3. The van der Waals surface area contributed by atoms with Gasteiger partial charge in [-0.05, 0) is 67.2 Å². The number of ether oxygens (including phenoxy) is 1. The fraction of sp³-hybridized carbons (Fsp3) is 0.474. The smallest absolute Gasteiger partial charge is 0.469 e. The van der Waals surface area contributed by atoms with Crippen LogP contribution in [-0.4, -0.2) is 28.5 Å². The zero-order chi connectivity index (χ0) is 19.3. The second-order valence-corrected chi connectivity index (χ2v) is 9.44. The molecule has 6 nitrogen and oxygen atoms in total. The second kappa shape index (κ2) is 8.86. The van der Waals surface area contributed by atoms with Crippen LogP contribution in [0.5, 0.6) is 5.75 Å². The van der Waals surface area contributed by atoms with Gasteiger partial charge in [-0.25, -0.2) is 4.57 Å². The highest BCUT2D eigenvalue weighted by Gasteiger charge is 2.38. The number of thiophene rings is 1. The average molecular weight is 411 g/mol. The van der Waals surface area contributed by atoms with Crippen LogP contribution >= 0.6 is 19.2 Å². The van der Waals surface area contributed by atoms with Crippen molar-refractivity contribution in [2.24, 2.45) is 5.73 Å². The SMILES string of the molecule is N[C@]1(COP(=O)(O)O)CC[C@@H](c2ccc(OCCCc3cccs3)cc2)C1. The van der Waals surface area contributed by atoms with Gasteiger partial charge in [0.1, 0.15) is 5.75 Å². The molecule has 1 aromatic heterocycles. The van der Waals surface area contributed by atoms with Crippen molar-refractivity contribution >= 4 is 19.2 Å². The molecule has 0 bridgehead atoms. The van der Waals surface area contributed by atoms with Gasteiger partial charge in [0.05, 0.1) is 13.2 Å². The number of aryl methyl sites for hydroxylation is 1. The third kappa shape index (κ3) is 6.42. The molecule has 1 heterocycles.